The molecule has 0 bridgehead atoms. The van der Waals surface area contributed by atoms with Gasteiger partial charge in [-0.1, -0.05) is 0 Å². The molecule has 2 aromatic heterocycles. The molecular formula is C17H17FN6O5S2. The van der Waals surface area contributed by atoms with Crippen LogP contribution in [-0.2, 0) is 26.1 Å². The topological polar surface area (TPSA) is 128 Å². The molecule has 3 aromatic rings. The number of carbonyl (C=O) groups is 1. The molecule has 0 saturated carbocycles. The minimum atomic E-state index is -4.09. The average Bonchev–Trinajstić information content (AvgIpc) is 3.40. The molecular weight excluding hydrogens is 451 g/mol. The number of nitrogens with zero attached hydrogens (tertiary/aromatic N) is 5. The van der Waals surface area contributed by atoms with Gasteiger partial charge in [-0.05, 0) is 46.1 Å². The van der Waals surface area contributed by atoms with E-state index < -0.39 is 38.9 Å². The normalized spacial score (nSPS) is 15.1. The van der Waals surface area contributed by atoms with Crippen LogP contribution >= 0.6 is 11.3 Å². The zero-order valence-corrected chi connectivity index (χ0v) is 17.6. The molecule has 1 saturated heterocycles. The number of amides is 1. The average molecular weight is 468 g/mol. The maximum atomic E-state index is 14.3. The van der Waals surface area contributed by atoms with Crippen molar-refractivity contribution in [2.24, 2.45) is 0 Å². The molecule has 1 aliphatic heterocycles. The number of anilines is 1. The third-order valence-electron chi connectivity index (χ3n) is 4.45. The van der Waals surface area contributed by atoms with Crippen LogP contribution in [0.3, 0.4) is 0 Å². The lowest BCUT2D eigenvalue weighted by molar-refractivity contribution is -0.117. The van der Waals surface area contributed by atoms with E-state index in [9.17, 15) is 22.4 Å². The molecule has 3 heterocycles. The van der Waals surface area contributed by atoms with Gasteiger partial charge in [-0.15, -0.1) is 11.3 Å². The Kier molecular flexibility index (Phi) is 5.95. The monoisotopic (exact) mass is 468 g/mol. The minimum absolute atomic E-state index is 0.0666. The van der Waals surface area contributed by atoms with Crippen molar-refractivity contribution in [1.29, 1.82) is 0 Å². The fourth-order valence-electron chi connectivity index (χ4n) is 2.94. The van der Waals surface area contributed by atoms with Crippen LogP contribution in [-0.4, -0.2) is 64.7 Å². The molecule has 0 atom stereocenters. The Morgan fingerprint density at radius 2 is 2.00 bits per heavy atom. The maximum Gasteiger partial charge on any atom is 0.369 e. The summed E-state index contributed by atoms with van der Waals surface area (Å²) in [6, 6.07) is 6.66. The number of sulfonamides is 1. The number of carbonyl (C=O) groups excluding carboxylic acids is 1. The lowest BCUT2D eigenvalue weighted by Gasteiger charge is -2.26. The van der Waals surface area contributed by atoms with Crippen LogP contribution < -0.4 is 11.0 Å². The summed E-state index contributed by atoms with van der Waals surface area (Å²) in [6.45, 7) is 0.214. The third-order valence-corrected chi connectivity index (χ3v) is 7.21. The Morgan fingerprint density at radius 3 is 2.71 bits per heavy atom. The molecule has 0 radical (unpaired) electrons. The molecule has 1 aliphatic rings. The van der Waals surface area contributed by atoms with Gasteiger partial charge in [0, 0.05) is 18.8 Å². The summed E-state index contributed by atoms with van der Waals surface area (Å²) in [5.74, 6) is -1.58. The number of hydrogen-bond acceptors (Lipinski definition) is 8. The molecule has 0 unspecified atom stereocenters. The van der Waals surface area contributed by atoms with E-state index in [1.54, 1.807) is 17.5 Å². The minimum Gasteiger partial charge on any atom is -0.379 e. The van der Waals surface area contributed by atoms with Crippen LogP contribution in [0.15, 0.2) is 45.4 Å². The van der Waals surface area contributed by atoms with Crippen LogP contribution in [0.4, 0.5) is 10.1 Å². The van der Waals surface area contributed by atoms with Crippen molar-refractivity contribution in [2.75, 3.05) is 31.6 Å². The molecule has 31 heavy (non-hydrogen) atoms. The Hall–Kier alpha value is -2.94. The van der Waals surface area contributed by atoms with E-state index in [1.807, 2.05) is 0 Å². The number of rotatable bonds is 6. The van der Waals surface area contributed by atoms with Gasteiger partial charge >= 0.3 is 5.69 Å². The predicted octanol–water partition coefficient (Wildman–Crippen LogP) is 0.289. The molecule has 164 valence electrons. The first kappa shape index (κ1) is 21.3. The molecule has 1 aromatic carbocycles. The first-order valence-electron chi connectivity index (χ1n) is 9.10. The summed E-state index contributed by atoms with van der Waals surface area (Å²) in [4.78, 5) is 24.2. The van der Waals surface area contributed by atoms with Gasteiger partial charge in [-0.25, -0.2) is 17.6 Å². The van der Waals surface area contributed by atoms with Crippen molar-refractivity contribution in [3.05, 3.63) is 52.0 Å². The van der Waals surface area contributed by atoms with Crippen molar-refractivity contribution < 1.29 is 22.3 Å². The summed E-state index contributed by atoms with van der Waals surface area (Å²) in [6.07, 6.45) is 0. The zero-order valence-electron chi connectivity index (χ0n) is 16.0. The number of hydrogen-bond donors (Lipinski definition) is 1. The number of tetrazole rings is 1. The highest BCUT2D eigenvalue weighted by Gasteiger charge is 2.29. The Bertz CT molecular complexity index is 1250. The van der Waals surface area contributed by atoms with Gasteiger partial charge < -0.3 is 10.1 Å². The SMILES string of the molecule is O=C(Cn1nnn(-c2cccs2)c1=O)Nc1ccc(F)c(S(=O)(=O)N2CCOCC2)c1. The predicted molar refractivity (Wildman–Crippen MR) is 108 cm³/mol. The zero-order chi connectivity index (χ0) is 22.0. The lowest BCUT2D eigenvalue weighted by atomic mass is 10.3. The van der Waals surface area contributed by atoms with Crippen LogP contribution in [0.1, 0.15) is 0 Å². The second-order valence-corrected chi connectivity index (χ2v) is 9.32. The number of ether oxygens (including phenoxy) is 1. The first-order chi connectivity index (χ1) is 14.9. The van der Waals surface area contributed by atoms with E-state index in [4.69, 9.17) is 4.74 Å². The molecule has 4 rings (SSSR count). The number of thiophene rings is 1. The summed E-state index contributed by atoms with van der Waals surface area (Å²) < 4.78 is 48.0. The largest absolute Gasteiger partial charge is 0.379 e. The van der Waals surface area contributed by atoms with Gasteiger partial charge in [0.2, 0.25) is 15.9 Å². The number of aromatic nitrogens is 4. The summed E-state index contributed by atoms with van der Waals surface area (Å²) in [5, 5.41) is 12.2. The van der Waals surface area contributed by atoms with E-state index in [1.165, 1.54) is 17.4 Å². The second-order valence-electron chi connectivity index (χ2n) is 6.49. The van der Waals surface area contributed by atoms with E-state index >= 15 is 0 Å². The van der Waals surface area contributed by atoms with E-state index in [-0.39, 0.29) is 32.0 Å². The molecule has 1 amide bonds. The third kappa shape index (κ3) is 4.41. The summed E-state index contributed by atoms with van der Waals surface area (Å²) in [7, 11) is -4.09. The van der Waals surface area contributed by atoms with Crippen molar-refractivity contribution in [2.45, 2.75) is 11.4 Å². The number of morpholine rings is 1. The fraction of sp³-hybridized carbons (Fsp3) is 0.294. The highest BCUT2D eigenvalue weighted by molar-refractivity contribution is 7.89. The lowest BCUT2D eigenvalue weighted by Crippen LogP contribution is -2.40. The molecule has 0 spiro atoms. The van der Waals surface area contributed by atoms with Gasteiger partial charge in [0.25, 0.3) is 0 Å². The van der Waals surface area contributed by atoms with Crippen LogP contribution in [0, 0.1) is 5.82 Å². The number of nitrogens with one attached hydrogen (secondary N) is 1. The number of halogens is 1. The summed E-state index contributed by atoms with van der Waals surface area (Å²) in [5.41, 5.74) is -0.538. The maximum absolute atomic E-state index is 14.3. The Morgan fingerprint density at radius 1 is 1.23 bits per heavy atom. The van der Waals surface area contributed by atoms with E-state index in [2.05, 4.69) is 15.7 Å². The molecule has 1 N–H and O–H groups in total. The van der Waals surface area contributed by atoms with Gasteiger partial charge in [0.05, 0.1) is 13.2 Å². The second kappa shape index (κ2) is 8.66. The fourth-order valence-corrected chi connectivity index (χ4v) is 5.11. The van der Waals surface area contributed by atoms with Crippen LogP contribution in [0.2, 0.25) is 0 Å². The van der Waals surface area contributed by atoms with Crippen molar-refractivity contribution in [1.82, 2.24) is 24.1 Å². The van der Waals surface area contributed by atoms with Crippen molar-refractivity contribution in [3.8, 4) is 5.00 Å². The van der Waals surface area contributed by atoms with Crippen LogP contribution in [0.5, 0.6) is 0 Å². The smallest absolute Gasteiger partial charge is 0.369 e. The standard InChI is InChI=1S/C17H17FN6O5S2/c18-13-4-3-12(10-14(13)31(27,28)22-5-7-29-8-6-22)19-15(25)11-23-17(26)24(21-20-23)16-2-1-9-30-16/h1-4,9-10H,5-8,11H2,(H,19,25). The quantitative estimate of drug-likeness (QED) is 0.551. The molecule has 11 nitrogen and oxygen atoms in total. The highest BCUT2D eigenvalue weighted by atomic mass is 32.2. The van der Waals surface area contributed by atoms with Gasteiger partial charge in [-0.3, -0.25) is 4.79 Å². The van der Waals surface area contributed by atoms with Crippen LogP contribution in [0.25, 0.3) is 5.00 Å². The molecule has 0 aliphatic carbocycles. The van der Waals surface area contributed by atoms with E-state index in [0.29, 0.717) is 5.00 Å². The van der Waals surface area contributed by atoms with Gasteiger partial charge in [0.1, 0.15) is 22.3 Å². The van der Waals surface area contributed by atoms with Crippen molar-refractivity contribution >= 4 is 33.0 Å². The number of benzene rings is 1. The van der Waals surface area contributed by atoms with Gasteiger partial charge in [-0.2, -0.15) is 13.7 Å². The highest BCUT2D eigenvalue weighted by Crippen LogP contribution is 2.24. The summed E-state index contributed by atoms with van der Waals surface area (Å²) >= 11 is 1.28. The Labute approximate surface area is 179 Å². The van der Waals surface area contributed by atoms with Crippen molar-refractivity contribution in [3.63, 3.8) is 0 Å². The Balaban J connectivity index is 1.51. The first-order valence-corrected chi connectivity index (χ1v) is 11.4. The van der Waals surface area contributed by atoms with E-state index in [0.717, 1.165) is 25.8 Å². The van der Waals surface area contributed by atoms with Gasteiger partial charge in [0.15, 0.2) is 0 Å². The molecule has 1 fully saturated rings. The molecule has 14 heteroatoms.